The number of esters is 1. The van der Waals surface area contributed by atoms with Gasteiger partial charge in [-0.15, -0.1) is 0 Å². The van der Waals surface area contributed by atoms with E-state index in [1.165, 1.54) is 0 Å². The van der Waals surface area contributed by atoms with Crippen LogP contribution in [-0.2, 0) is 16.1 Å². The summed E-state index contributed by atoms with van der Waals surface area (Å²) in [5.74, 6) is -0.276. The molecule has 2 N–H and O–H groups in total. The minimum atomic E-state index is -0.276. The van der Waals surface area contributed by atoms with Crippen molar-refractivity contribution < 1.29 is 14.3 Å². The van der Waals surface area contributed by atoms with Crippen LogP contribution < -0.4 is 5.73 Å². The Morgan fingerprint density at radius 1 is 1.26 bits per heavy atom. The van der Waals surface area contributed by atoms with E-state index in [2.05, 4.69) is 0 Å². The summed E-state index contributed by atoms with van der Waals surface area (Å²) in [6.07, 6.45) is 1.73. The van der Waals surface area contributed by atoms with Crippen LogP contribution in [0.1, 0.15) is 42.6 Å². The second kappa shape index (κ2) is 8.67. The van der Waals surface area contributed by atoms with Gasteiger partial charge < -0.3 is 15.2 Å². The molecule has 0 aliphatic rings. The van der Waals surface area contributed by atoms with Crippen LogP contribution in [0.3, 0.4) is 0 Å². The molecule has 0 saturated heterocycles. The quantitative estimate of drug-likeness (QED) is 0.734. The number of ether oxygens (including phenoxy) is 2. The molecule has 1 aromatic rings. The average Bonchev–Trinajstić information content (AvgIpc) is 2.45. The number of hydrogen-bond acceptors (Lipinski definition) is 4. The third kappa shape index (κ3) is 5.85. The molecule has 1 atom stereocenters. The third-order valence-corrected chi connectivity index (χ3v) is 2.75. The molecule has 0 spiro atoms. The van der Waals surface area contributed by atoms with Gasteiger partial charge in [0.15, 0.2) is 0 Å². The smallest absolute Gasteiger partial charge is 0.338 e. The van der Waals surface area contributed by atoms with Crippen LogP contribution in [0, 0.1) is 0 Å². The number of rotatable bonds is 8. The highest BCUT2D eigenvalue weighted by Crippen LogP contribution is 2.08. The average molecular weight is 265 g/mol. The van der Waals surface area contributed by atoms with Gasteiger partial charge in [0.2, 0.25) is 0 Å². The summed E-state index contributed by atoms with van der Waals surface area (Å²) in [5.41, 5.74) is 7.36. The Morgan fingerprint density at radius 2 is 1.95 bits per heavy atom. The van der Waals surface area contributed by atoms with Crippen LogP contribution in [0.2, 0.25) is 0 Å². The molecule has 0 aromatic heterocycles. The fourth-order valence-corrected chi connectivity index (χ4v) is 1.46. The summed E-state index contributed by atoms with van der Waals surface area (Å²) in [6.45, 7) is 5.52. The number of nitrogens with two attached hydrogens (primary N) is 1. The van der Waals surface area contributed by atoms with E-state index < -0.39 is 0 Å². The zero-order valence-electron chi connectivity index (χ0n) is 11.7. The molecule has 0 radical (unpaired) electrons. The van der Waals surface area contributed by atoms with Crippen LogP contribution in [0.15, 0.2) is 24.3 Å². The maximum atomic E-state index is 11.6. The summed E-state index contributed by atoms with van der Waals surface area (Å²) < 4.78 is 10.6. The first-order valence-electron chi connectivity index (χ1n) is 6.76. The second-order valence-electron chi connectivity index (χ2n) is 4.52. The Balaban J connectivity index is 2.41. The van der Waals surface area contributed by atoms with Gasteiger partial charge in [0.05, 0.1) is 25.4 Å². The predicted molar refractivity (Wildman–Crippen MR) is 74.9 cm³/mol. The SMILES string of the molecule is CCCOC(=O)c1ccc(COCC(N)CC)cc1. The van der Waals surface area contributed by atoms with E-state index >= 15 is 0 Å². The van der Waals surface area contributed by atoms with Crippen LogP contribution in [0.5, 0.6) is 0 Å². The molecule has 1 rings (SSSR count). The number of carbonyl (C=O) groups excluding carboxylic acids is 1. The van der Waals surface area contributed by atoms with Crippen molar-refractivity contribution in [3.63, 3.8) is 0 Å². The molecule has 1 aromatic carbocycles. The summed E-state index contributed by atoms with van der Waals surface area (Å²) in [6, 6.07) is 7.36. The number of hydrogen-bond donors (Lipinski definition) is 1. The van der Waals surface area contributed by atoms with E-state index in [0.29, 0.717) is 25.4 Å². The summed E-state index contributed by atoms with van der Waals surface area (Å²) in [5, 5.41) is 0. The van der Waals surface area contributed by atoms with Crippen LogP contribution >= 0.6 is 0 Å². The number of carbonyl (C=O) groups is 1. The molecule has 0 heterocycles. The van der Waals surface area contributed by atoms with Gasteiger partial charge in [0.25, 0.3) is 0 Å². The van der Waals surface area contributed by atoms with E-state index in [1.54, 1.807) is 12.1 Å². The normalized spacial score (nSPS) is 12.2. The highest BCUT2D eigenvalue weighted by molar-refractivity contribution is 5.89. The Bertz CT molecular complexity index is 375. The summed E-state index contributed by atoms with van der Waals surface area (Å²) in [4.78, 5) is 11.6. The Hall–Kier alpha value is -1.39. The van der Waals surface area contributed by atoms with E-state index in [4.69, 9.17) is 15.2 Å². The number of benzene rings is 1. The molecule has 0 saturated carbocycles. The van der Waals surface area contributed by atoms with Crippen molar-refractivity contribution in [3.8, 4) is 0 Å². The van der Waals surface area contributed by atoms with Crippen molar-refractivity contribution in [2.45, 2.75) is 39.3 Å². The van der Waals surface area contributed by atoms with Gasteiger partial charge in [0, 0.05) is 6.04 Å². The van der Waals surface area contributed by atoms with Gasteiger partial charge >= 0.3 is 5.97 Å². The first kappa shape index (κ1) is 15.7. The maximum Gasteiger partial charge on any atom is 0.338 e. The van der Waals surface area contributed by atoms with E-state index in [0.717, 1.165) is 18.4 Å². The van der Waals surface area contributed by atoms with Crippen molar-refractivity contribution in [2.24, 2.45) is 5.73 Å². The Labute approximate surface area is 114 Å². The van der Waals surface area contributed by atoms with Crippen molar-refractivity contribution in [1.29, 1.82) is 0 Å². The molecular formula is C15H23NO3. The van der Waals surface area contributed by atoms with Gasteiger partial charge in [-0.05, 0) is 30.5 Å². The van der Waals surface area contributed by atoms with Crippen LogP contribution in [-0.4, -0.2) is 25.2 Å². The fourth-order valence-electron chi connectivity index (χ4n) is 1.46. The lowest BCUT2D eigenvalue weighted by Crippen LogP contribution is -2.24. The van der Waals surface area contributed by atoms with Gasteiger partial charge in [-0.3, -0.25) is 0 Å². The van der Waals surface area contributed by atoms with Gasteiger partial charge in [-0.2, -0.15) is 0 Å². The van der Waals surface area contributed by atoms with Gasteiger partial charge in [-0.25, -0.2) is 4.79 Å². The predicted octanol–water partition coefficient (Wildman–Crippen LogP) is 2.51. The zero-order valence-corrected chi connectivity index (χ0v) is 11.7. The van der Waals surface area contributed by atoms with E-state index in [9.17, 15) is 4.79 Å². The molecular weight excluding hydrogens is 242 g/mol. The van der Waals surface area contributed by atoms with Gasteiger partial charge in [0.1, 0.15) is 0 Å². The highest BCUT2D eigenvalue weighted by Gasteiger charge is 2.06. The molecule has 106 valence electrons. The molecule has 0 amide bonds. The summed E-state index contributed by atoms with van der Waals surface area (Å²) >= 11 is 0. The minimum Gasteiger partial charge on any atom is -0.462 e. The van der Waals surface area contributed by atoms with Crippen LogP contribution in [0.25, 0.3) is 0 Å². The fraction of sp³-hybridized carbons (Fsp3) is 0.533. The topological polar surface area (TPSA) is 61.5 Å². The maximum absolute atomic E-state index is 11.6. The largest absolute Gasteiger partial charge is 0.462 e. The lowest BCUT2D eigenvalue weighted by Gasteiger charge is -2.10. The van der Waals surface area contributed by atoms with E-state index in [1.807, 2.05) is 26.0 Å². The first-order valence-corrected chi connectivity index (χ1v) is 6.76. The molecule has 0 aliphatic carbocycles. The highest BCUT2D eigenvalue weighted by atomic mass is 16.5. The lowest BCUT2D eigenvalue weighted by atomic mass is 10.1. The summed E-state index contributed by atoms with van der Waals surface area (Å²) in [7, 11) is 0. The minimum absolute atomic E-state index is 0.0864. The molecule has 19 heavy (non-hydrogen) atoms. The zero-order chi connectivity index (χ0) is 14.1. The first-order chi connectivity index (χ1) is 9.17. The Morgan fingerprint density at radius 3 is 2.53 bits per heavy atom. The molecule has 1 unspecified atom stereocenters. The van der Waals surface area contributed by atoms with Gasteiger partial charge in [-0.1, -0.05) is 26.0 Å². The molecule has 4 heteroatoms. The third-order valence-electron chi connectivity index (χ3n) is 2.75. The van der Waals surface area contributed by atoms with Crippen molar-refractivity contribution in [3.05, 3.63) is 35.4 Å². The molecule has 0 fully saturated rings. The molecule has 0 aliphatic heterocycles. The van der Waals surface area contributed by atoms with Crippen molar-refractivity contribution in [1.82, 2.24) is 0 Å². The monoisotopic (exact) mass is 265 g/mol. The van der Waals surface area contributed by atoms with Crippen LogP contribution in [0.4, 0.5) is 0 Å². The molecule has 0 bridgehead atoms. The lowest BCUT2D eigenvalue weighted by molar-refractivity contribution is 0.0505. The standard InChI is InChI=1S/C15H23NO3/c1-3-9-19-15(17)13-7-5-12(6-8-13)10-18-11-14(16)4-2/h5-8,14H,3-4,9-11,16H2,1-2H3. The Kier molecular flexibility index (Phi) is 7.15. The van der Waals surface area contributed by atoms with Crippen molar-refractivity contribution in [2.75, 3.05) is 13.2 Å². The second-order valence-corrected chi connectivity index (χ2v) is 4.52. The van der Waals surface area contributed by atoms with E-state index in [-0.39, 0.29) is 12.0 Å². The molecule has 4 nitrogen and oxygen atoms in total. The van der Waals surface area contributed by atoms with Crippen molar-refractivity contribution >= 4 is 5.97 Å².